The van der Waals surface area contributed by atoms with Crippen molar-refractivity contribution in [2.75, 3.05) is 13.1 Å². The first-order chi connectivity index (χ1) is 8.92. The summed E-state index contributed by atoms with van der Waals surface area (Å²) in [6, 6.07) is 4.72. The van der Waals surface area contributed by atoms with Crippen molar-refractivity contribution in [1.82, 2.24) is 19.9 Å². The van der Waals surface area contributed by atoms with Gasteiger partial charge >= 0.3 is 0 Å². The lowest BCUT2D eigenvalue weighted by atomic mass is 10.0. The van der Waals surface area contributed by atoms with Gasteiger partial charge in [-0.05, 0) is 50.4 Å². The molecule has 4 heteroatoms. The first kappa shape index (κ1) is 10.5. The van der Waals surface area contributed by atoms with Crippen molar-refractivity contribution in [2.45, 2.75) is 31.7 Å². The monoisotopic (exact) mass is 242 g/mol. The molecule has 0 amide bonds. The van der Waals surface area contributed by atoms with E-state index in [9.17, 15) is 0 Å². The highest BCUT2D eigenvalue weighted by Gasteiger charge is 2.29. The number of fused-ring (bicyclic) bond motifs is 1. The van der Waals surface area contributed by atoms with Gasteiger partial charge in [-0.3, -0.25) is 0 Å². The summed E-state index contributed by atoms with van der Waals surface area (Å²) in [5.74, 6) is 2.00. The Bertz CT molecular complexity index is 564. The smallest absolute Gasteiger partial charge is 0.160 e. The molecule has 94 valence electrons. The molecule has 0 radical (unpaired) electrons. The van der Waals surface area contributed by atoms with Crippen molar-refractivity contribution in [3.8, 4) is 0 Å². The number of nitrogens with zero attached hydrogens (tertiary/aromatic N) is 3. The second-order valence-corrected chi connectivity index (χ2v) is 5.54. The molecule has 0 spiro atoms. The van der Waals surface area contributed by atoms with Gasteiger partial charge in [0.15, 0.2) is 5.65 Å². The largest absolute Gasteiger partial charge is 0.316 e. The summed E-state index contributed by atoms with van der Waals surface area (Å²) in [5, 5.41) is 3.44. The fourth-order valence-corrected chi connectivity index (χ4v) is 2.98. The second kappa shape index (κ2) is 4.05. The van der Waals surface area contributed by atoms with Crippen LogP contribution in [-0.4, -0.2) is 27.6 Å². The van der Waals surface area contributed by atoms with Gasteiger partial charge in [0, 0.05) is 18.7 Å². The standard InChI is InChI=1S/C14H18N4/c1-2-12-14(16-6-1)18(11-3-4-11)13(17-12)8-10-5-7-15-9-10/h1-2,6,10-11,15H,3-5,7-9H2. The van der Waals surface area contributed by atoms with E-state index in [0.29, 0.717) is 6.04 Å². The summed E-state index contributed by atoms with van der Waals surface area (Å²) < 4.78 is 2.40. The van der Waals surface area contributed by atoms with Crippen molar-refractivity contribution in [3.05, 3.63) is 24.2 Å². The van der Waals surface area contributed by atoms with Crippen molar-refractivity contribution in [1.29, 1.82) is 0 Å². The number of nitrogens with one attached hydrogen (secondary N) is 1. The van der Waals surface area contributed by atoms with Crippen molar-refractivity contribution in [2.24, 2.45) is 5.92 Å². The maximum Gasteiger partial charge on any atom is 0.160 e. The van der Waals surface area contributed by atoms with Gasteiger partial charge < -0.3 is 9.88 Å². The lowest BCUT2D eigenvalue weighted by Crippen LogP contribution is -2.13. The fourth-order valence-electron chi connectivity index (χ4n) is 2.98. The molecule has 2 aliphatic rings. The number of imidazole rings is 1. The molecular weight excluding hydrogens is 224 g/mol. The molecule has 1 aliphatic carbocycles. The number of rotatable bonds is 3. The van der Waals surface area contributed by atoms with Crippen molar-refractivity contribution in [3.63, 3.8) is 0 Å². The lowest BCUT2D eigenvalue weighted by Gasteiger charge is -2.10. The Hall–Kier alpha value is -1.42. The van der Waals surface area contributed by atoms with E-state index in [2.05, 4.69) is 20.9 Å². The number of hydrogen-bond acceptors (Lipinski definition) is 3. The van der Waals surface area contributed by atoms with E-state index in [1.807, 2.05) is 12.3 Å². The first-order valence-corrected chi connectivity index (χ1v) is 6.94. The van der Waals surface area contributed by atoms with E-state index in [0.717, 1.165) is 36.6 Å². The van der Waals surface area contributed by atoms with Crippen LogP contribution in [0.2, 0.25) is 0 Å². The zero-order valence-electron chi connectivity index (χ0n) is 10.5. The van der Waals surface area contributed by atoms with E-state index in [1.54, 1.807) is 0 Å². The molecule has 2 aromatic rings. The van der Waals surface area contributed by atoms with Crippen LogP contribution in [0.1, 0.15) is 31.1 Å². The predicted octanol–water partition coefficient (Wildman–Crippen LogP) is 1.92. The summed E-state index contributed by atoms with van der Waals surface area (Å²) in [6.07, 6.45) is 6.83. The number of hydrogen-bond donors (Lipinski definition) is 1. The van der Waals surface area contributed by atoms with Crippen molar-refractivity contribution >= 4 is 11.2 Å². The third-order valence-corrected chi connectivity index (χ3v) is 4.07. The molecule has 0 bridgehead atoms. The maximum atomic E-state index is 4.81. The van der Waals surface area contributed by atoms with Gasteiger partial charge in [-0.25, -0.2) is 9.97 Å². The summed E-state index contributed by atoms with van der Waals surface area (Å²) in [7, 11) is 0. The lowest BCUT2D eigenvalue weighted by molar-refractivity contribution is 0.539. The second-order valence-electron chi connectivity index (χ2n) is 5.54. The van der Waals surface area contributed by atoms with Crippen LogP contribution in [0.15, 0.2) is 18.3 Å². The normalized spacial score (nSPS) is 23.9. The summed E-state index contributed by atoms with van der Waals surface area (Å²) in [6.45, 7) is 2.30. The van der Waals surface area contributed by atoms with Crippen LogP contribution >= 0.6 is 0 Å². The minimum atomic E-state index is 0.661. The maximum absolute atomic E-state index is 4.81. The Labute approximate surface area is 106 Å². The van der Waals surface area contributed by atoms with Gasteiger partial charge in [-0.1, -0.05) is 0 Å². The highest BCUT2D eigenvalue weighted by molar-refractivity contribution is 5.71. The molecule has 1 aliphatic heterocycles. The van der Waals surface area contributed by atoms with Gasteiger partial charge in [-0.2, -0.15) is 0 Å². The molecule has 1 N–H and O–H groups in total. The molecule has 1 unspecified atom stereocenters. The highest BCUT2D eigenvalue weighted by Crippen LogP contribution is 2.38. The van der Waals surface area contributed by atoms with Gasteiger partial charge in [-0.15, -0.1) is 0 Å². The Morgan fingerprint density at radius 2 is 2.28 bits per heavy atom. The topological polar surface area (TPSA) is 42.7 Å². The fraction of sp³-hybridized carbons (Fsp3) is 0.571. The van der Waals surface area contributed by atoms with Crippen LogP contribution in [0.4, 0.5) is 0 Å². The Morgan fingerprint density at radius 1 is 1.33 bits per heavy atom. The first-order valence-electron chi connectivity index (χ1n) is 6.94. The van der Waals surface area contributed by atoms with Crippen LogP contribution < -0.4 is 5.32 Å². The minimum absolute atomic E-state index is 0.661. The van der Waals surface area contributed by atoms with E-state index < -0.39 is 0 Å². The van der Waals surface area contributed by atoms with E-state index in [1.165, 1.54) is 25.1 Å². The molecule has 3 heterocycles. The molecule has 2 aromatic heterocycles. The highest BCUT2D eigenvalue weighted by atomic mass is 15.2. The number of pyridine rings is 1. The van der Waals surface area contributed by atoms with Crippen LogP contribution in [0, 0.1) is 5.92 Å². The quantitative estimate of drug-likeness (QED) is 0.894. The number of aromatic nitrogens is 3. The van der Waals surface area contributed by atoms with Gasteiger partial charge in [0.25, 0.3) is 0 Å². The summed E-state index contributed by atoms with van der Waals surface area (Å²) in [5.41, 5.74) is 2.14. The molecule has 1 saturated carbocycles. The molecular formula is C14H18N4. The van der Waals surface area contributed by atoms with Gasteiger partial charge in [0.1, 0.15) is 11.3 Å². The van der Waals surface area contributed by atoms with Crippen LogP contribution in [0.5, 0.6) is 0 Å². The molecule has 4 rings (SSSR count). The van der Waals surface area contributed by atoms with Crippen LogP contribution in [0.3, 0.4) is 0 Å². The molecule has 0 aromatic carbocycles. The summed E-state index contributed by atoms with van der Waals surface area (Å²) >= 11 is 0. The Balaban J connectivity index is 1.75. The zero-order valence-corrected chi connectivity index (χ0v) is 10.5. The van der Waals surface area contributed by atoms with E-state index in [4.69, 9.17) is 4.98 Å². The van der Waals surface area contributed by atoms with Gasteiger partial charge in [0.05, 0.1) is 0 Å². The minimum Gasteiger partial charge on any atom is -0.316 e. The SMILES string of the molecule is c1cnc2c(c1)nc(CC1CCNC1)n2C1CC1. The van der Waals surface area contributed by atoms with E-state index in [-0.39, 0.29) is 0 Å². The Kier molecular flexibility index (Phi) is 2.36. The van der Waals surface area contributed by atoms with Crippen LogP contribution in [0.25, 0.3) is 11.2 Å². The van der Waals surface area contributed by atoms with Crippen molar-refractivity contribution < 1.29 is 0 Å². The molecule has 1 atom stereocenters. The summed E-state index contributed by atoms with van der Waals surface area (Å²) in [4.78, 5) is 9.33. The average molecular weight is 242 g/mol. The Morgan fingerprint density at radius 3 is 3.06 bits per heavy atom. The average Bonchev–Trinajstić information content (AvgIpc) is 2.97. The van der Waals surface area contributed by atoms with Crippen LogP contribution in [-0.2, 0) is 6.42 Å². The van der Waals surface area contributed by atoms with E-state index >= 15 is 0 Å². The predicted molar refractivity (Wildman–Crippen MR) is 70.5 cm³/mol. The molecule has 4 nitrogen and oxygen atoms in total. The molecule has 2 fully saturated rings. The molecule has 18 heavy (non-hydrogen) atoms. The third-order valence-electron chi connectivity index (χ3n) is 4.07. The zero-order chi connectivity index (χ0) is 11.9. The molecule has 1 saturated heterocycles. The third kappa shape index (κ3) is 1.72. The van der Waals surface area contributed by atoms with Gasteiger partial charge in [0.2, 0.25) is 0 Å².